The maximum Gasteiger partial charge on any atom is 0.137 e. The molecule has 2 heterocycles. The van der Waals surface area contributed by atoms with E-state index in [0.29, 0.717) is 12.6 Å². The lowest BCUT2D eigenvalue weighted by Gasteiger charge is -2.06. The van der Waals surface area contributed by atoms with Crippen molar-refractivity contribution < 1.29 is 4.74 Å². The summed E-state index contributed by atoms with van der Waals surface area (Å²) in [6, 6.07) is 8.47. The standard InChI is InChI=1S/C15H19N3O/c1-2-19-12-7-5-11(6-8-12)15-17-10-14(18-15)13-4-3-9-16-13/h5-8,10,13,16H,2-4,9H2,1H3,(H,17,18). The van der Waals surface area contributed by atoms with E-state index in [1.807, 2.05) is 37.4 Å². The molecule has 100 valence electrons. The third kappa shape index (κ3) is 2.63. The van der Waals surface area contributed by atoms with Gasteiger partial charge in [0.05, 0.1) is 18.5 Å². The van der Waals surface area contributed by atoms with Gasteiger partial charge in [0.2, 0.25) is 0 Å². The van der Waals surface area contributed by atoms with Crippen LogP contribution in [0.4, 0.5) is 0 Å². The number of benzene rings is 1. The summed E-state index contributed by atoms with van der Waals surface area (Å²) in [5, 5.41) is 3.47. The average molecular weight is 257 g/mol. The molecule has 0 bridgehead atoms. The van der Waals surface area contributed by atoms with Gasteiger partial charge >= 0.3 is 0 Å². The SMILES string of the molecule is CCOc1ccc(-c2ncc(C3CCCN3)[nH]2)cc1. The Labute approximate surface area is 113 Å². The Hall–Kier alpha value is -1.81. The summed E-state index contributed by atoms with van der Waals surface area (Å²) in [5.41, 5.74) is 2.27. The van der Waals surface area contributed by atoms with Gasteiger partial charge in [-0.2, -0.15) is 0 Å². The van der Waals surface area contributed by atoms with Crippen LogP contribution >= 0.6 is 0 Å². The fourth-order valence-corrected chi connectivity index (χ4v) is 2.48. The van der Waals surface area contributed by atoms with Crippen molar-refractivity contribution in [2.24, 2.45) is 0 Å². The normalized spacial score (nSPS) is 18.7. The second kappa shape index (κ2) is 5.45. The van der Waals surface area contributed by atoms with E-state index in [1.165, 1.54) is 18.5 Å². The summed E-state index contributed by atoms with van der Waals surface area (Å²) in [7, 11) is 0. The Kier molecular flexibility index (Phi) is 3.51. The first-order valence-corrected chi connectivity index (χ1v) is 6.88. The molecule has 19 heavy (non-hydrogen) atoms. The molecule has 2 aromatic rings. The van der Waals surface area contributed by atoms with Crippen LogP contribution in [0, 0.1) is 0 Å². The minimum atomic E-state index is 0.434. The zero-order valence-electron chi connectivity index (χ0n) is 11.1. The van der Waals surface area contributed by atoms with Crippen molar-refractivity contribution in [3.63, 3.8) is 0 Å². The number of aromatic amines is 1. The molecule has 1 aliphatic heterocycles. The number of hydrogen-bond donors (Lipinski definition) is 2. The maximum absolute atomic E-state index is 5.44. The second-order valence-corrected chi connectivity index (χ2v) is 4.79. The zero-order chi connectivity index (χ0) is 13.1. The predicted molar refractivity (Wildman–Crippen MR) is 75.2 cm³/mol. The van der Waals surface area contributed by atoms with Crippen LogP contribution in [0.5, 0.6) is 5.75 Å². The predicted octanol–water partition coefficient (Wildman–Crippen LogP) is 2.90. The van der Waals surface area contributed by atoms with Crippen molar-refractivity contribution in [1.29, 1.82) is 0 Å². The largest absolute Gasteiger partial charge is 0.494 e. The van der Waals surface area contributed by atoms with E-state index in [0.717, 1.165) is 23.7 Å². The van der Waals surface area contributed by atoms with E-state index in [9.17, 15) is 0 Å². The van der Waals surface area contributed by atoms with Crippen molar-refractivity contribution in [3.05, 3.63) is 36.2 Å². The maximum atomic E-state index is 5.44. The number of imidazole rings is 1. The van der Waals surface area contributed by atoms with Gasteiger partial charge in [0, 0.05) is 11.6 Å². The van der Waals surface area contributed by atoms with E-state index in [-0.39, 0.29) is 0 Å². The summed E-state index contributed by atoms with van der Waals surface area (Å²) < 4.78 is 5.44. The molecule has 0 spiro atoms. The van der Waals surface area contributed by atoms with Crippen molar-refractivity contribution in [2.75, 3.05) is 13.2 Å². The second-order valence-electron chi connectivity index (χ2n) is 4.79. The molecular formula is C15H19N3O. The highest BCUT2D eigenvalue weighted by atomic mass is 16.5. The molecule has 1 aromatic heterocycles. The molecule has 1 aliphatic rings. The Balaban J connectivity index is 1.77. The highest BCUT2D eigenvalue weighted by Gasteiger charge is 2.18. The lowest BCUT2D eigenvalue weighted by atomic mass is 10.2. The van der Waals surface area contributed by atoms with Gasteiger partial charge in [0.25, 0.3) is 0 Å². The molecule has 1 fully saturated rings. The number of nitrogens with zero attached hydrogens (tertiary/aromatic N) is 1. The van der Waals surface area contributed by atoms with E-state index in [4.69, 9.17) is 4.74 Å². The zero-order valence-corrected chi connectivity index (χ0v) is 11.1. The summed E-state index contributed by atoms with van der Waals surface area (Å²) in [6.07, 6.45) is 4.36. The number of H-pyrrole nitrogens is 1. The van der Waals surface area contributed by atoms with Gasteiger partial charge in [-0.3, -0.25) is 0 Å². The highest BCUT2D eigenvalue weighted by Crippen LogP contribution is 2.25. The lowest BCUT2D eigenvalue weighted by molar-refractivity contribution is 0.340. The Morgan fingerprint density at radius 1 is 1.32 bits per heavy atom. The highest BCUT2D eigenvalue weighted by molar-refractivity contribution is 5.56. The molecule has 1 atom stereocenters. The lowest BCUT2D eigenvalue weighted by Crippen LogP contribution is -2.12. The molecule has 4 heteroatoms. The van der Waals surface area contributed by atoms with E-state index >= 15 is 0 Å². The van der Waals surface area contributed by atoms with Crippen LogP contribution in [0.3, 0.4) is 0 Å². The van der Waals surface area contributed by atoms with E-state index in [2.05, 4.69) is 15.3 Å². The van der Waals surface area contributed by atoms with E-state index < -0.39 is 0 Å². The smallest absolute Gasteiger partial charge is 0.137 e. The van der Waals surface area contributed by atoms with Crippen LogP contribution in [0.15, 0.2) is 30.5 Å². The van der Waals surface area contributed by atoms with Crippen LogP contribution < -0.4 is 10.1 Å². The monoisotopic (exact) mass is 257 g/mol. The average Bonchev–Trinajstić information content (AvgIpc) is 3.11. The Morgan fingerprint density at radius 3 is 2.84 bits per heavy atom. The minimum absolute atomic E-state index is 0.434. The molecule has 4 nitrogen and oxygen atoms in total. The first-order chi connectivity index (χ1) is 9.36. The van der Waals surface area contributed by atoms with Crippen molar-refractivity contribution in [1.82, 2.24) is 15.3 Å². The molecule has 1 aromatic carbocycles. The number of aromatic nitrogens is 2. The number of rotatable bonds is 4. The molecule has 2 N–H and O–H groups in total. The molecule has 0 aliphatic carbocycles. The summed E-state index contributed by atoms with van der Waals surface area (Å²) in [6.45, 7) is 3.78. The van der Waals surface area contributed by atoms with Crippen molar-refractivity contribution in [2.45, 2.75) is 25.8 Å². The van der Waals surface area contributed by atoms with Crippen molar-refractivity contribution in [3.8, 4) is 17.1 Å². The molecule has 0 radical (unpaired) electrons. The third-order valence-electron chi connectivity index (χ3n) is 3.47. The van der Waals surface area contributed by atoms with E-state index in [1.54, 1.807) is 0 Å². The van der Waals surface area contributed by atoms with Crippen LogP contribution in [-0.4, -0.2) is 23.1 Å². The Bertz CT molecular complexity index is 527. The molecule has 1 unspecified atom stereocenters. The number of ether oxygens (including phenoxy) is 1. The fraction of sp³-hybridized carbons (Fsp3) is 0.400. The van der Waals surface area contributed by atoms with Gasteiger partial charge in [-0.25, -0.2) is 4.98 Å². The van der Waals surface area contributed by atoms with Gasteiger partial charge in [0.1, 0.15) is 11.6 Å². The third-order valence-corrected chi connectivity index (χ3v) is 3.47. The molecule has 0 amide bonds. The van der Waals surface area contributed by atoms with Gasteiger partial charge in [-0.05, 0) is 50.6 Å². The van der Waals surface area contributed by atoms with Gasteiger partial charge in [-0.1, -0.05) is 0 Å². The molecular weight excluding hydrogens is 238 g/mol. The van der Waals surface area contributed by atoms with Gasteiger partial charge in [0.15, 0.2) is 0 Å². The quantitative estimate of drug-likeness (QED) is 0.885. The topological polar surface area (TPSA) is 49.9 Å². The first kappa shape index (κ1) is 12.2. The van der Waals surface area contributed by atoms with Crippen LogP contribution in [0.25, 0.3) is 11.4 Å². The summed E-state index contributed by atoms with van der Waals surface area (Å²) >= 11 is 0. The van der Waals surface area contributed by atoms with Gasteiger partial charge in [-0.15, -0.1) is 0 Å². The first-order valence-electron chi connectivity index (χ1n) is 6.88. The number of nitrogens with one attached hydrogen (secondary N) is 2. The summed E-state index contributed by atoms with van der Waals surface area (Å²) in [4.78, 5) is 7.88. The molecule has 0 saturated carbocycles. The minimum Gasteiger partial charge on any atom is -0.494 e. The van der Waals surface area contributed by atoms with Crippen molar-refractivity contribution >= 4 is 0 Å². The van der Waals surface area contributed by atoms with Crippen LogP contribution in [0.2, 0.25) is 0 Å². The van der Waals surface area contributed by atoms with Crippen LogP contribution in [0.1, 0.15) is 31.5 Å². The molecule has 1 saturated heterocycles. The molecule has 3 rings (SSSR count). The fourth-order valence-electron chi connectivity index (χ4n) is 2.48. The summed E-state index contributed by atoms with van der Waals surface area (Å²) in [5.74, 6) is 1.82. The van der Waals surface area contributed by atoms with Gasteiger partial charge < -0.3 is 15.0 Å². The number of hydrogen-bond acceptors (Lipinski definition) is 3. The Morgan fingerprint density at radius 2 is 2.16 bits per heavy atom. The van der Waals surface area contributed by atoms with Crippen LogP contribution in [-0.2, 0) is 0 Å².